The van der Waals surface area contributed by atoms with Crippen molar-refractivity contribution in [2.45, 2.75) is 50.7 Å². The number of carbonyl (C=O) groups excluding carboxylic acids is 2. The highest BCUT2D eigenvalue weighted by molar-refractivity contribution is 5.94. The molecule has 0 heterocycles. The Morgan fingerprint density at radius 1 is 1.25 bits per heavy atom. The van der Waals surface area contributed by atoms with Crippen molar-refractivity contribution in [1.29, 1.82) is 5.26 Å². The van der Waals surface area contributed by atoms with Gasteiger partial charge in [0.2, 0.25) is 0 Å². The fourth-order valence-corrected chi connectivity index (χ4v) is 2.85. The molecule has 1 fully saturated rings. The molecule has 1 aliphatic carbocycles. The quantitative estimate of drug-likeness (QED) is 0.838. The number of hydrogen-bond acceptors (Lipinski definition) is 5. The fraction of sp³-hybridized carbons (Fsp3) is 0.500. The van der Waals surface area contributed by atoms with Crippen molar-refractivity contribution in [3.8, 4) is 11.8 Å². The number of benzene rings is 1. The minimum absolute atomic E-state index is 0.257. The zero-order valence-electron chi connectivity index (χ0n) is 14.0. The molecule has 1 aliphatic rings. The van der Waals surface area contributed by atoms with E-state index in [0.717, 1.165) is 19.3 Å². The van der Waals surface area contributed by atoms with Gasteiger partial charge in [0.15, 0.2) is 6.10 Å². The second-order valence-corrected chi connectivity index (χ2v) is 5.99. The van der Waals surface area contributed by atoms with E-state index in [4.69, 9.17) is 9.47 Å². The summed E-state index contributed by atoms with van der Waals surface area (Å²) in [6, 6.07) is 8.87. The standard InChI is InChI=1S/C18H22N2O4/c1-13(16(21)20-18(12-19)10-6-3-7-11-18)24-17(22)14-8-4-5-9-15(14)23-2/h4-5,8-9,13H,3,6-7,10-11H2,1-2H3,(H,20,21)/t13-/m1/s1. The van der Waals surface area contributed by atoms with Crippen molar-refractivity contribution in [2.75, 3.05) is 7.11 Å². The largest absolute Gasteiger partial charge is 0.496 e. The van der Waals surface area contributed by atoms with Crippen molar-refractivity contribution in [2.24, 2.45) is 0 Å². The van der Waals surface area contributed by atoms with Crippen LogP contribution in [-0.2, 0) is 9.53 Å². The molecule has 0 bridgehead atoms. The van der Waals surface area contributed by atoms with Crippen LogP contribution >= 0.6 is 0 Å². The SMILES string of the molecule is COc1ccccc1C(=O)O[C@H](C)C(=O)NC1(C#N)CCCCC1. The molecule has 0 aliphatic heterocycles. The molecule has 24 heavy (non-hydrogen) atoms. The summed E-state index contributed by atoms with van der Waals surface area (Å²) in [5.74, 6) is -0.706. The monoisotopic (exact) mass is 330 g/mol. The van der Waals surface area contributed by atoms with E-state index in [0.29, 0.717) is 18.6 Å². The first-order valence-electron chi connectivity index (χ1n) is 8.08. The lowest BCUT2D eigenvalue weighted by molar-refractivity contribution is -0.130. The van der Waals surface area contributed by atoms with E-state index in [1.165, 1.54) is 14.0 Å². The van der Waals surface area contributed by atoms with Crippen molar-refractivity contribution in [1.82, 2.24) is 5.32 Å². The predicted molar refractivity (Wildman–Crippen MR) is 87.4 cm³/mol. The zero-order chi connectivity index (χ0) is 17.6. The number of para-hydroxylation sites is 1. The van der Waals surface area contributed by atoms with Crippen LogP contribution < -0.4 is 10.1 Å². The maximum absolute atomic E-state index is 12.3. The Kier molecular flexibility index (Phi) is 5.80. The van der Waals surface area contributed by atoms with Crippen LogP contribution in [-0.4, -0.2) is 30.6 Å². The van der Waals surface area contributed by atoms with Crippen LogP contribution in [0.2, 0.25) is 0 Å². The molecule has 1 atom stereocenters. The van der Waals surface area contributed by atoms with E-state index in [2.05, 4.69) is 11.4 Å². The molecule has 0 radical (unpaired) electrons. The summed E-state index contributed by atoms with van der Waals surface area (Å²) in [6.07, 6.45) is 3.14. The molecule has 1 aromatic rings. The summed E-state index contributed by atoms with van der Waals surface area (Å²) in [7, 11) is 1.46. The molecule has 6 nitrogen and oxygen atoms in total. The summed E-state index contributed by atoms with van der Waals surface area (Å²) in [5.41, 5.74) is -0.590. The number of hydrogen-bond donors (Lipinski definition) is 1. The van der Waals surface area contributed by atoms with Gasteiger partial charge in [-0.3, -0.25) is 4.79 Å². The summed E-state index contributed by atoms with van der Waals surface area (Å²) in [6.45, 7) is 1.50. The van der Waals surface area contributed by atoms with E-state index in [1.807, 2.05) is 0 Å². The number of ether oxygens (including phenoxy) is 2. The minimum Gasteiger partial charge on any atom is -0.496 e. The van der Waals surface area contributed by atoms with Crippen LogP contribution in [0.1, 0.15) is 49.4 Å². The van der Waals surface area contributed by atoms with Gasteiger partial charge >= 0.3 is 5.97 Å². The molecule has 1 saturated carbocycles. The van der Waals surface area contributed by atoms with Gasteiger partial charge in [0.1, 0.15) is 16.9 Å². The zero-order valence-corrected chi connectivity index (χ0v) is 14.0. The van der Waals surface area contributed by atoms with Crippen LogP contribution in [0.3, 0.4) is 0 Å². The van der Waals surface area contributed by atoms with E-state index in [9.17, 15) is 14.9 Å². The lowest BCUT2D eigenvalue weighted by Gasteiger charge is -2.32. The summed E-state index contributed by atoms with van der Waals surface area (Å²) in [4.78, 5) is 24.6. The van der Waals surface area contributed by atoms with E-state index in [1.54, 1.807) is 24.3 Å². The fourth-order valence-electron chi connectivity index (χ4n) is 2.85. The van der Waals surface area contributed by atoms with Crippen molar-refractivity contribution in [3.63, 3.8) is 0 Å². The second kappa shape index (κ2) is 7.82. The molecule has 1 amide bonds. The third-order valence-electron chi connectivity index (χ3n) is 4.26. The van der Waals surface area contributed by atoms with Crippen LogP contribution in [0.4, 0.5) is 0 Å². The third-order valence-corrected chi connectivity index (χ3v) is 4.26. The smallest absolute Gasteiger partial charge is 0.342 e. The Morgan fingerprint density at radius 2 is 1.92 bits per heavy atom. The van der Waals surface area contributed by atoms with Gasteiger partial charge in [0, 0.05) is 0 Å². The number of nitrogens with zero attached hydrogens (tertiary/aromatic N) is 1. The third kappa shape index (κ3) is 4.05. The predicted octanol–water partition coefficient (Wildman–Crippen LogP) is 2.58. The van der Waals surface area contributed by atoms with Crippen LogP contribution in [0.25, 0.3) is 0 Å². The average molecular weight is 330 g/mol. The Labute approximate surface area is 141 Å². The Hall–Kier alpha value is -2.55. The van der Waals surface area contributed by atoms with Gasteiger partial charge < -0.3 is 14.8 Å². The maximum Gasteiger partial charge on any atom is 0.342 e. The van der Waals surface area contributed by atoms with Gasteiger partial charge in [-0.2, -0.15) is 5.26 Å². The van der Waals surface area contributed by atoms with Gasteiger partial charge in [-0.15, -0.1) is 0 Å². The number of amides is 1. The van der Waals surface area contributed by atoms with Gasteiger partial charge in [0.05, 0.1) is 13.2 Å². The first-order chi connectivity index (χ1) is 11.5. The van der Waals surface area contributed by atoms with Gasteiger partial charge in [-0.25, -0.2) is 4.79 Å². The first-order valence-corrected chi connectivity index (χ1v) is 8.08. The highest BCUT2D eigenvalue weighted by Crippen LogP contribution is 2.27. The molecule has 6 heteroatoms. The Morgan fingerprint density at radius 3 is 2.54 bits per heavy atom. The number of esters is 1. The molecule has 0 unspecified atom stereocenters. The number of rotatable bonds is 5. The lowest BCUT2D eigenvalue weighted by Crippen LogP contribution is -2.52. The van der Waals surface area contributed by atoms with Crippen molar-refractivity contribution < 1.29 is 19.1 Å². The molecule has 1 N–H and O–H groups in total. The van der Waals surface area contributed by atoms with Gasteiger partial charge in [-0.05, 0) is 31.9 Å². The van der Waals surface area contributed by atoms with E-state index >= 15 is 0 Å². The topological polar surface area (TPSA) is 88.4 Å². The Bertz CT molecular complexity index is 645. The highest BCUT2D eigenvalue weighted by atomic mass is 16.5. The normalized spacial score (nSPS) is 17.2. The summed E-state index contributed by atoms with van der Waals surface area (Å²) in [5, 5.41) is 12.2. The molecule has 128 valence electrons. The van der Waals surface area contributed by atoms with Crippen LogP contribution in [0.5, 0.6) is 5.75 Å². The lowest BCUT2D eigenvalue weighted by atomic mass is 9.83. The molecule has 0 spiro atoms. The van der Waals surface area contributed by atoms with Crippen molar-refractivity contribution >= 4 is 11.9 Å². The average Bonchev–Trinajstić information content (AvgIpc) is 2.62. The molecular formula is C18H22N2O4. The molecule has 2 rings (SSSR count). The Balaban J connectivity index is 2.01. The number of methoxy groups -OCH3 is 1. The molecule has 0 aromatic heterocycles. The molecular weight excluding hydrogens is 308 g/mol. The summed E-state index contributed by atoms with van der Waals surface area (Å²) >= 11 is 0. The van der Waals surface area contributed by atoms with Crippen molar-refractivity contribution in [3.05, 3.63) is 29.8 Å². The summed E-state index contributed by atoms with van der Waals surface area (Å²) < 4.78 is 10.4. The molecule has 1 aromatic carbocycles. The number of nitriles is 1. The van der Waals surface area contributed by atoms with Gasteiger partial charge in [-0.1, -0.05) is 31.4 Å². The maximum atomic E-state index is 12.3. The van der Waals surface area contributed by atoms with Gasteiger partial charge in [0.25, 0.3) is 5.91 Å². The van der Waals surface area contributed by atoms with Crippen LogP contribution in [0.15, 0.2) is 24.3 Å². The van der Waals surface area contributed by atoms with Crippen LogP contribution in [0, 0.1) is 11.3 Å². The van der Waals surface area contributed by atoms with E-state index < -0.39 is 23.5 Å². The first kappa shape index (κ1) is 17.8. The number of nitrogens with one attached hydrogen (secondary N) is 1. The molecule has 0 saturated heterocycles. The minimum atomic E-state index is -0.991. The number of carbonyl (C=O) groups is 2. The van der Waals surface area contributed by atoms with E-state index in [-0.39, 0.29) is 5.56 Å². The second-order valence-electron chi connectivity index (χ2n) is 5.99. The highest BCUT2D eigenvalue weighted by Gasteiger charge is 2.35.